The zero-order valence-corrected chi connectivity index (χ0v) is 19.7. The fraction of sp³-hybridized carbons (Fsp3) is 0.333. The Labute approximate surface area is 202 Å². The van der Waals surface area contributed by atoms with Crippen molar-refractivity contribution in [1.82, 2.24) is 10.2 Å². The van der Waals surface area contributed by atoms with Gasteiger partial charge in [-0.15, -0.1) is 0 Å². The first-order valence-corrected chi connectivity index (χ1v) is 11.6. The predicted molar refractivity (Wildman–Crippen MR) is 127 cm³/mol. The number of hydrogen-bond donors (Lipinski definition) is 1. The van der Waals surface area contributed by atoms with E-state index in [1.54, 1.807) is 0 Å². The molecule has 1 N–H and O–H groups in total. The Morgan fingerprint density at radius 3 is 1.80 bits per heavy atom. The van der Waals surface area contributed by atoms with E-state index in [-0.39, 0.29) is 31.0 Å². The molecule has 1 aliphatic rings. The summed E-state index contributed by atoms with van der Waals surface area (Å²) in [6, 6.07) is 6.19. The average Bonchev–Trinajstić information content (AvgIpc) is 2.82. The molecule has 0 aromatic heterocycles. The van der Waals surface area contributed by atoms with Gasteiger partial charge in [-0.3, -0.25) is 9.59 Å². The minimum Gasteiger partial charge on any atom is -0.353 e. The number of hydrogen-bond acceptors (Lipinski definition) is 3. The SMILES string of the molecule is CCN(CC)CCC(=O)NC1C/C(=C\c2ccc(F)c(F)c2)C(=O)/C(=C/c2ccc(F)c(F)c2)C1. The zero-order chi connectivity index (χ0) is 25.5. The molecule has 0 spiro atoms. The third-order valence-electron chi connectivity index (χ3n) is 6.00. The van der Waals surface area contributed by atoms with Gasteiger partial charge in [0, 0.05) is 30.2 Å². The van der Waals surface area contributed by atoms with Gasteiger partial charge in [-0.2, -0.15) is 0 Å². The summed E-state index contributed by atoms with van der Waals surface area (Å²) in [6.07, 6.45) is 3.60. The molecule has 186 valence electrons. The van der Waals surface area contributed by atoms with Gasteiger partial charge in [0.15, 0.2) is 29.1 Å². The van der Waals surface area contributed by atoms with Crippen molar-refractivity contribution in [2.24, 2.45) is 0 Å². The van der Waals surface area contributed by atoms with Gasteiger partial charge < -0.3 is 10.2 Å². The first-order chi connectivity index (χ1) is 16.7. The average molecular weight is 489 g/mol. The molecule has 1 aliphatic carbocycles. The molecule has 0 radical (unpaired) electrons. The van der Waals surface area contributed by atoms with E-state index in [4.69, 9.17) is 0 Å². The van der Waals surface area contributed by atoms with Gasteiger partial charge >= 0.3 is 0 Å². The second-order valence-corrected chi connectivity index (χ2v) is 8.46. The molecule has 2 aromatic carbocycles. The van der Waals surface area contributed by atoms with Crippen molar-refractivity contribution in [2.45, 2.75) is 39.2 Å². The number of benzene rings is 2. The highest BCUT2D eigenvalue weighted by Crippen LogP contribution is 2.29. The molecule has 0 bridgehead atoms. The quantitative estimate of drug-likeness (QED) is 0.406. The van der Waals surface area contributed by atoms with Crippen LogP contribution in [-0.4, -0.2) is 42.3 Å². The highest BCUT2D eigenvalue weighted by Gasteiger charge is 2.29. The van der Waals surface area contributed by atoms with Gasteiger partial charge in [0.25, 0.3) is 0 Å². The molecular weight excluding hydrogens is 460 g/mol. The molecule has 4 nitrogen and oxygen atoms in total. The maximum absolute atomic E-state index is 13.7. The fourth-order valence-electron chi connectivity index (χ4n) is 4.05. The van der Waals surface area contributed by atoms with E-state index in [0.29, 0.717) is 28.8 Å². The number of carbonyl (C=O) groups excluding carboxylic acids is 2. The minimum atomic E-state index is -1.04. The molecule has 0 aliphatic heterocycles. The van der Waals surface area contributed by atoms with E-state index in [1.165, 1.54) is 24.3 Å². The minimum absolute atomic E-state index is 0.171. The smallest absolute Gasteiger partial charge is 0.221 e. The van der Waals surface area contributed by atoms with Crippen LogP contribution in [0.2, 0.25) is 0 Å². The van der Waals surface area contributed by atoms with Crippen molar-refractivity contribution >= 4 is 23.8 Å². The van der Waals surface area contributed by atoms with E-state index in [1.807, 2.05) is 13.8 Å². The summed E-state index contributed by atoms with van der Waals surface area (Å²) in [5.41, 5.74) is 1.19. The molecule has 1 amide bonds. The number of rotatable bonds is 8. The van der Waals surface area contributed by atoms with E-state index in [0.717, 1.165) is 37.4 Å². The zero-order valence-electron chi connectivity index (χ0n) is 19.7. The van der Waals surface area contributed by atoms with Gasteiger partial charge in [-0.25, -0.2) is 17.6 Å². The number of ketones is 1. The summed E-state index contributed by atoms with van der Waals surface area (Å²) in [5.74, 6) is -4.61. The van der Waals surface area contributed by atoms with Crippen molar-refractivity contribution in [1.29, 1.82) is 0 Å². The summed E-state index contributed by atoms with van der Waals surface area (Å²) in [4.78, 5) is 27.9. The number of Topliss-reactive ketones (excluding diaryl/α,β-unsaturated/α-hetero) is 1. The van der Waals surface area contributed by atoms with Crippen LogP contribution < -0.4 is 5.32 Å². The van der Waals surface area contributed by atoms with Crippen molar-refractivity contribution in [3.05, 3.63) is 81.9 Å². The Bertz CT molecular complexity index is 1080. The lowest BCUT2D eigenvalue weighted by Gasteiger charge is -2.27. The van der Waals surface area contributed by atoms with Crippen LogP contribution >= 0.6 is 0 Å². The molecule has 35 heavy (non-hydrogen) atoms. The third kappa shape index (κ3) is 7.11. The lowest BCUT2D eigenvalue weighted by Crippen LogP contribution is -2.40. The van der Waals surface area contributed by atoms with Gasteiger partial charge in [0.05, 0.1) is 0 Å². The molecule has 3 rings (SSSR count). The Kier molecular flexibility index (Phi) is 8.98. The van der Waals surface area contributed by atoms with Crippen molar-refractivity contribution in [2.75, 3.05) is 19.6 Å². The monoisotopic (exact) mass is 488 g/mol. The Morgan fingerprint density at radius 1 is 0.886 bits per heavy atom. The van der Waals surface area contributed by atoms with E-state index < -0.39 is 29.3 Å². The normalized spacial score (nSPS) is 18.5. The predicted octanol–water partition coefficient (Wildman–Crippen LogP) is 5.29. The summed E-state index contributed by atoms with van der Waals surface area (Å²) in [6.45, 7) is 6.27. The molecule has 1 fully saturated rings. The van der Waals surface area contributed by atoms with Gasteiger partial charge in [-0.05, 0) is 73.5 Å². The van der Waals surface area contributed by atoms with Crippen molar-refractivity contribution in [3.8, 4) is 0 Å². The number of nitrogens with zero attached hydrogens (tertiary/aromatic N) is 1. The van der Waals surface area contributed by atoms with E-state index >= 15 is 0 Å². The first-order valence-electron chi connectivity index (χ1n) is 11.6. The largest absolute Gasteiger partial charge is 0.353 e. The highest BCUT2D eigenvalue weighted by molar-refractivity contribution is 6.14. The van der Waals surface area contributed by atoms with Gasteiger partial charge in [0.2, 0.25) is 5.91 Å². The van der Waals surface area contributed by atoms with Gasteiger partial charge in [-0.1, -0.05) is 26.0 Å². The third-order valence-corrected chi connectivity index (χ3v) is 6.00. The number of amides is 1. The van der Waals surface area contributed by atoms with Crippen molar-refractivity contribution in [3.63, 3.8) is 0 Å². The summed E-state index contributed by atoms with van der Waals surface area (Å²) >= 11 is 0. The maximum Gasteiger partial charge on any atom is 0.221 e. The van der Waals surface area contributed by atoms with E-state index in [2.05, 4.69) is 10.2 Å². The topological polar surface area (TPSA) is 49.4 Å². The molecule has 0 saturated heterocycles. The lowest BCUT2D eigenvalue weighted by molar-refractivity contribution is -0.122. The Morgan fingerprint density at radius 2 is 1.37 bits per heavy atom. The Balaban J connectivity index is 1.88. The van der Waals surface area contributed by atoms with Crippen molar-refractivity contribution < 1.29 is 27.2 Å². The number of nitrogens with one attached hydrogen (secondary N) is 1. The second-order valence-electron chi connectivity index (χ2n) is 8.46. The fourth-order valence-corrected chi connectivity index (χ4v) is 4.05. The molecule has 2 aromatic rings. The second kappa shape index (κ2) is 11.9. The molecule has 0 heterocycles. The van der Waals surface area contributed by atoms with E-state index in [9.17, 15) is 27.2 Å². The van der Waals surface area contributed by atoms with Crippen LogP contribution in [0, 0.1) is 23.3 Å². The van der Waals surface area contributed by atoms with Crippen LogP contribution in [-0.2, 0) is 9.59 Å². The lowest BCUT2D eigenvalue weighted by atomic mass is 9.83. The summed E-state index contributed by atoms with van der Waals surface area (Å²) in [7, 11) is 0. The molecule has 0 unspecified atom stereocenters. The van der Waals surface area contributed by atoms with Crippen LogP contribution in [0.25, 0.3) is 12.2 Å². The van der Waals surface area contributed by atoms with Crippen LogP contribution in [0.5, 0.6) is 0 Å². The van der Waals surface area contributed by atoms with Crippen LogP contribution in [0.15, 0.2) is 47.5 Å². The standard InChI is InChI=1S/C27H28F4N2O2/c1-3-33(4-2)10-9-26(34)32-21-15-19(11-17-5-7-22(28)24(30)13-17)27(35)20(16-21)12-18-6-8-23(29)25(31)14-18/h5-8,11-14,21H,3-4,9-10,15-16H2,1-2H3,(H,32,34)/b19-11+,20-12+. The van der Waals surface area contributed by atoms with Crippen LogP contribution in [0.3, 0.4) is 0 Å². The van der Waals surface area contributed by atoms with Crippen LogP contribution in [0.4, 0.5) is 17.6 Å². The maximum atomic E-state index is 13.7. The Hall–Kier alpha value is -3.26. The summed E-state index contributed by atoms with van der Waals surface area (Å²) < 4.78 is 54.0. The molecule has 0 atom stereocenters. The number of halogens is 4. The first kappa shape index (κ1) is 26.3. The van der Waals surface area contributed by atoms with Gasteiger partial charge in [0.1, 0.15) is 0 Å². The molecule has 8 heteroatoms. The summed E-state index contributed by atoms with van der Waals surface area (Å²) in [5, 5.41) is 2.95. The van der Waals surface area contributed by atoms with Crippen LogP contribution in [0.1, 0.15) is 44.2 Å². The molecule has 1 saturated carbocycles. The highest BCUT2D eigenvalue weighted by atomic mass is 19.2. The number of carbonyl (C=O) groups is 2. The molecular formula is C27H28F4N2O2.